The number of nitrogens with one attached hydrogen (secondary N) is 1. The molecule has 4 nitrogen and oxygen atoms in total. The maximum absolute atomic E-state index is 11.9. The molecule has 0 saturated heterocycles. The van der Waals surface area contributed by atoms with Crippen molar-refractivity contribution in [1.29, 1.82) is 0 Å². The Morgan fingerprint density at radius 2 is 2.00 bits per heavy atom. The minimum Gasteiger partial charge on any atom is -0.385 e. The molecular formula is C12H26N2O2. The quantitative estimate of drug-likeness (QED) is 0.657. The molecule has 96 valence electrons. The number of nitrogens with two attached hydrogens (primary N) is 1. The Morgan fingerprint density at radius 1 is 1.38 bits per heavy atom. The maximum Gasteiger partial charge on any atom is 0.224 e. The number of ether oxygens (including phenoxy) is 1. The summed E-state index contributed by atoms with van der Waals surface area (Å²) in [6, 6.07) is 0.147. The van der Waals surface area contributed by atoms with Crippen molar-refractivity contribution in [2.45, 2.75) is 39.7 Å². The Morgan fingerprint density at radius 3 is 2.44 bits per heavy atom. The predicted octanol–water partition coefficient (Wildman–Crippen LogP) is 1.15. The Bertz CT molecular complexity index is 195. The normalized spacial score (nSPS) is 14.9. The molecule has 0 aromatic heterocycles. The molecule has 16 heavy (non-hydrogen) atoms. The van der Waals surface area contributed by atoms with Crippen molar-refractivity contribution in [3.05, 3.63) is 0 Å². The van der Waals surface area contributed by atoms with E-state index in [9.17, 15) is 4.79 Å². The fourth-order valence-corrected chi connectivity index (χ4v) is 1.61. The lowest BCUT2D eigenvalue weighted by Crippen LogP contribution is -2.40. The van der Waals surface area contributed by atoms with Gasteiger partial charge in [-0.2, -0.15) is 0 Å². The fourth-order valence-electron chi connectivity index (χ4n) is 1.61. The average Bonchev–Trinajstić information content (AvgIpc) is 2.22. The molecule has 0 saturated carbocycles. The lowest BCUT2D eigenvalue weighted by molar-refractivity contribution is -0.125. The van der Waals surface area contributed by atoms with Gasteiger partial charge in [0.05, 0.1) is 5.92 Å². The van der Waals surface area contributed by atoms with Crippen LogP contribution in [-0.2, 0) is 9.53 Å². The van der Waals surface area contributed by atoms with Gasteiger partial charge in [0.1, 0.15) is 0 Å². The van der Waals surface area contributed by atoms with Gasteiger partial charge in [0.15, 0.2) is 0 Å². The molecule has 0 spiro atoms. The molecule has 0 aliphatic rings. The van der Waals surface area contributed by atoms with Crippen molar-refractivity contribution in [2.75, 3.05) is 20.3 Å². The van der Waals surface area contributed by atoms with Crippen molar-refractivity contribution in [1.82, 2.24) is 5.32 Å². The second kappa shape index (κ2) is 8.53. The van der Waals surface area contributed by atoms with E-state index in [4.69, 9.17) is 10.5 Å². The first-order chi connectivity index (χ1) is 7.51. The van der Waals surface area contributed by atoms with Crippen molar-refractivity contribution in [3.8, 4) is 0 Å². The average molecular weight is 230 g/mol. The van der Waals surface area contributed by atoms with Crippen LogP contribution in [0.3, 0.4) is 0 Å². The number of hydrogen-bond donors (Lipinski definition) is 2. The summed E-state index contributed by atoms with van der Waals surface area (Å²) in [6.07, 6.45) is 1.68. The number of carbonyl (C=O) groups excluding carboxylic acids is 1. The van der Waals surface area contributed by atoms with E-state index in [1.54, 1.807) is 7.11 Å². The highest BCUT2D eigenvalue weighted by atomic mass is 16.5. The number of hydrogen-bond acceptors (Lipinski definition) is 3. The number of rotatable bonds is 8. The van der Waals surface area contributed by atoms with Gasteiger partial charge in [0.2, 0.25) is 5.91 Å². The summed E-state index contributed by atoms with van der Waals surface area (Å²) in [4.78, 5) is 11.9. The van der Waals surface area contributed by atoms with Crippen LogP contribution < -0.4 is 11.1 Å². The zero-order chi connectivity index (χ0) is 12.6. The largest absolute Gasteiger partial charge is 0.385 e. The smallest absolute Gasteiger partial charge is 0.224 e. The highest BCUT2D eigenvalue weighted by Crippen LogP contribution is 2.11. The highest BCUT2D eigenvalue weighted by Gasteiger charge is 2.19. The summed E-state index contributed by atoms with van der Waals surface area (Å²) in [7, 11) is 1.66. The molecule has 0 bridgehead atoms. The highest BCUT2D eigenvalue weighted by molar-refractivity contribution is 5.79. The maximum atomic E-state index is 11.9. The first-order valence-corrected chi connectivity index (χ1v) is 6.00. The Labute approximate surface area is 98.9 Å². The second-order valence-corrected chi connectivity index (χ2v) is 4.75. The molecule has 2 atom stereocenters. The summed E-state index contributed by atoms with van der Waals surface area (Å²) in [6.45, 7) is 7.27. The van der Waals surface area contributed by atoms with Gasteiger partial charge in [-0.1, -0.05) is 13.8 Å². The predicted molar refractivity (Wildman–Crippen MR) is 66.1 cm³/mol. The molecule has 3 N–H and O–H groups in total. The van der Waals surface area contributed by atoms with Crippen LogP contribution in [0.4, 0.5) is 0 Å². The molecule has 0 aromatic rings. The lowest BCUT2D eigenvalue weighted by Gasteiger charge is -2.20. The van der Waals surface area contributed by atoms with E-state index in [2.05, 4.69) is 19.2 Å². The molecule has 0 radical (unpaired) electrons. The molecule has 0 rings (SSSR count). The van der Waals surface area contributed by atoms with E-state index in [0.29, 0.717) is 19.1 Å². The van der Waals surface area contributed by atoms with Crippen molar-refractivity contribution in [2.24, 2.45) is 17.6 Å². The number of carbonyl (C=O) groups is 1. The third-order valence-corrected chi connectivity index (χ3v) is 2.55. The molecule has 0 aliphatic carbocycles. The van der Waals surface area contributed by atoms with Crippen LogP contribution in [0.2, 0.25) is 0 Å². The SMILES string of the molecule is COCCC(C)NC(=O)C(CN)CC(C)C. The Hall–Kier alpha value is -0.610. The van der Waals surface area contributed by atoms with E-state index in [-0.39, 0.29) is 17.9 Å². The third-order valence-electron chi connectivity index (χ3n) is 2.55. The van der Waals surface area contributed by atoms with E-state index in [0.717, 1.165) is 12.8 Å². The van der Waals surface area contributed by atoms with Crippen LogP contribution in [0.5, 0.6) is 0 Å². The minimum atomic E-state index is -0.0648. The number of methoxy groups -OCH3 is 1. The van der Waals surface area contributed by atoms with Crippen molar-refractivity contribution >= 4 is 5.91 Å². The van der Waals surface area contributed by atoms with Gasteiger partial charge in [0.25, 0.3) is 0 Å². The summed E-state index contributed by atoms with van der Waals surface area (Å²) in [5.74, 6) is 0.498. The summed E-state index contributed by atoms with van der Waals surface area (Å²) in [5.41, 5.74) is 5.61. The molecule has 4 heteroatoms. The van der Waals surface area contributed by atoms with Crippen LogP contribution >= 0.6 is 0 Å². The molecule has 0 aromatic carbocycles. The minimum absolute atomic E-state index is 0.0648. The molecule has 1 amide bonds. The van der Waals surface area contributed by atoms with Crippen molar-refractivity contribution < 1.29 is 9.53 Å². The molecule has 0 fully saturated rings. The van der Waals surface area contributed by atoms with Gasteiger partial charge in [-0.15, -0.1) is 0 Å². The topological polar surface area (TPSA) is 64.3 Å². The van der Waals surface area contributed by atoms with E-state index >= 15 is 0 Å². The van der Waals surface area contributed by atoms with E-state index < -0.39 is 0 Å². The van der Waals surface area contributed by atoms with E-state index in [1.807, 2.05) is 6.92 Å². The first kappa shape index (κ1) is 15.4. The van der Waals surface area contributed by atoms with Crippen LogP contribution in [0.1, 0.15) is 33.6 Å². The van der Waals surface area contributed by atoms with Crippen LogP contribution in [-0.4, -0.2) is 32.2 Å². The number of amides is 1. The van der Waals surface area contributed by atoms with E-state index in [1.165, 1.54) is 0 Å². The first-order valence-electron chi connectivity index (χ1n) is 6.00. The Kier molecular flexibility index (Phi) is 8.21. The molecule has 0 aliphatic heterocycles. The standard InChI is InChI=1S/C12H26N2O2/c1-9(2)7-11(8-13)12(15)14-10(3)5-6-16-4/h9-11H,5-8,13H2,1-4H3,(H,14,15). The van der Waals surface area contributed by atoms with Gasteiger partial charge in [0, 0.05) is 26.3 Å². The monoisotopic (exact) mass is 230 g/mol. The summed E-state index contributed by atoms with van der Waals surface area (Å²) >= 11 is 0. The molecular weight excluding hydrogens is 204 g/mol. The zero-order valence-corrected chi connectivity index (χ0v) is 11.0. The van der Waals surface area contributed by atoms with Gasteiger partial charge in [-0.3, -0.25) is 4.79 Å². The summed E-state index contributed by atoms with van der Waals surface area (Å²) < 4.78 is 4.97. The molecule has 2 unspecified atom stereocenters. The lowest BCUT2D eigenvalue weighted by atomic mass is 9.96. The fraction of sp³-hybridized carbons (Fsp3) is 0.917. The Balaban J connectivity index is 3.99. The third kappa shape index (κ3) is 6.80. The van der Waals surface area contributed by atoms with Gasteiger partial charge in [-0.25, -0.2) is 0 Å². The van der Waals surface area contributed by atoms with Gasteiger partial charge >= 0.3 is 0 Å². The molecule has 0 heterocycles. The van der Waals surface area contributed by atoms with Crippen LogP contribution in [0, 0.1) is 11.8 Å². The van der Waals surface area contributed by atoms with Crippen LogP contribution in [0.25, 0.3) is 0 Å². The summed E-state index contributed by atoms with van der Waals surface area (Å²) in [5, 5.41) is 2.97. The van der Waals surface area contributed by atoms with Gasteiger partial charge < -0.3 is 15.8 Å². The second-order valence-electron chi connectivity index (χ2n) is 4.75. The van der Waals surface area contributed by atoms with Crippen molar-refractivity contribution in [3.63, 3.8) is 0 Å². The zero-order valence-electron chi connectivity index (χ0n) is 11.0. The van der Waals surface area contributed by atoms with Gasteiger partial charge in [-0.05, 0) is 25.7 Å². The van der Waals surface area contributed by atoms with Crippen LogP contribution in [0.15, 0.2) is 0 Å².